The zero-order valence-corrected chi connectivity index (χ0v) is 12.3. The Hall–Kier alpha value is -0.940. The van der Waals surface area contributed by atoms with E-state index in [1.54, 1.807) is 6.92 Å². The SMILES string of the molecule is CC(=O)c1c(C)nsc1NC1CCN(C)C(C)C1. The monoisotopic (exact) mass is 267 g/mol. The predicted molar refractivity (Wildman–Crippen MR) is 75.6 cm³/mol. The van der Waals surface area contributed by atoms with E-state index in [4.69, 9.17) is 0 Å². The lowest BCUT2D eigenvalue weighted by Gasteiger charge is -2.35. The maximum Gasteiger partial charge on any atom is 0.164 e. The zero-order valence-electron chi connectivity index (χ0n) is 11.5. The van der Waals surface area contributed by atoms with E-state index in [0.717, 1.165) is 35.6 Å². The third-order valence-corrected chi connectivity index (χ3v) is 4.63. The van der Waals surface area contributed by atoms with Gasteiger partial charge in [0.25, 0.3) is 0 Å². The molecule has 1 saturated heterocycles. The van der Waals surface area contributed by atoms with Gasteiger partial charge in [-0.15, -0.1) is 0 Å². The summed E-state index contributed by atoms with van der Waals surface area (Å²) in [6, 6.07) is 1.04. The lowest BCUT2D eigenvalue weighted by molar-refractivity contribution is 0.101. The number of rotatable bonds is 3. The summed E-state index contributed by atoms with van der Waals surface area (Å²) < 4.78 is 4.29. The Morgan fingerprint density at radius 1 is 1.56 bits per heavy atom. The van der Waals surface area contributed by atoms with Crippen LogP contribution >= 0.6 is 11.5 Å². The molecule has 0 aromatic carbocycles. The molecule has 2 atom stereocenters. The van der Waals surface area contributed by atoms with Crippen molar-refractivity contribution in [1.82, 2.24) is 9.27 Å². The Labute approximate surface area is 113 Å². The van der Waals surface area contributed by atoms with Gasteiger partial charge in [-0.1, -0.05) is 0 Å². The summed E-state index contributed by atoms with van der Waals surface area (Å²) in [5, 5.41) is 4.46. The van der Waals surface area contributed by atoms with Crippen molar-refractivity contribution in [1.29, 1.82) is 0 Å². The molecule has 18 heavy (non-hydrogen) atoms. The van der Waals surface area contributed by atoms with Gasteiger partial charge in [0.05, 0.1) is 11.3 Å². The van der Waals surface area contributed by atoms with Gasteiger partial charge in [0.1, 0.15) is 5.00 Å². The van der Waals surface area contributed by atoms with Crippen LogP contribution in [-0.4, -0.2) is 40.7 Å². The minimum Gasteiger partial charge on any atom is -0.372 e. The number of nitrogens with one attached hydrogen (secondary N) is 1. The van der Waals surface area contributed by atoms with Crippen LogP contribution in [0.5, 0.6) is 0 Å². The Morgan fingerprint density at radius 3 is 2.89 bits per heavy atom. The van der Waals surface area contributed by atoms with E-state index in [1.807, 2.05) is 6.92 Å². The highest BCUT2D eigenvalue weighted by Gasteiger charge is 2.24. The van der Waals surface area contributed by atoms with Gasteiger partial charge >= 0.3 is 0 Å². The number of ketones is 1. The van der Waals surface area contributed by atoms with Crippen LogP contribution in [-0.2, 0) is 0 Å². The van der Waals surface area contributed by atoms with Gasteiger partial charge < -0.3 is 10.2 Å². The Morgan fingerprint density at radius 2 is 2.28 bits per heavy atom. The highest BCUT2D eigenvalue weighted by atomic mass is 32.1. The molecule has 2 rings (SSSR count). The van der Waals surface area contributed by atoms with E-state index in [-0.39, 0.29) is 5.78 Å². The van der Waals surface area contributed by atoms with Gasteiger partial charge in [-0.2, -0.15) is 4.37 Å². The second kappa shape index (κ2) is 5.36. The number of hydrogen-bond donors (Lipinski definition) is 1. The number of aryl methyl sites for hydroxylation is 1. The fraction of sp³-hybridized carbons (Fsp3) is 0.692. The van der Waals surface area contributed by atoms with E-state index in [0.29, 0.717) is 12.1 Å². The minimum absolute atomic E-state index is 0.102. The summed E-state index contributed by atoms with van der Waals surface area (Å²) in [4.78, 5) is 14.0. The molecule has 4 nitrogen and oxygen atoms in total. The number of Topliss-reactive ketones (excluding diaryl/α,β-unsaturated/α-hetero) is 1. The number of anilines is 1. The van der Waals surface area contributed by atoms with Crippen molar-refractivity contribution >= 4 is 22.3 Å². The second-order valence-corrected chi connectivity index (χ2v) is 6.00. The van der Waals surface area contributed by atoms with E-state index in [1.165, 1.54) is 11.5 Å². The summed E-state index contributed by atoms with van der Waals surface area (Å²) >= 11 is 1.40. The van der Waals surface area contributed by atoms with Crippen LogP contribution in [0.4, 0.5) is 5.00 Å². The first kappa shape index (κ1) is 13.5. The third kappa shape index (κ3) is 2.72. The van der Waals surface area contributed by atoms with Crippen molar-refractivity contribution in [3.05, 3.63) is 11.3 Å². The van der Waals surface area contributed by atoms with Crippen LogP contribution in [0, 0.1) is 6.92 Å². The second-order valence-electron chi connectivity index (χ2n) is 5.22. The zero-order chi connectivity index (χ0) is 13.3. The Kier molecular flexibility index (Phi) is 4.02. The predicted octanol–water partition coefficient (Wildman–Crippen LogP) is 2.55. The average molecular weight is 267 g/mol. The van der Waals surface area contributed by atoms with Crippen molar-refractivity contribution in [3.8, 4) is 0 Å². The summed E-state index contributed by atoms with van der Waals surface area (Å²) in [5.41, 5.74) is 1.61. The maximum absolute atomic E-state index is 11.6. The molecular formula is C13H21N3OS. The van der Waals surface area contributed by atoms with Crippen molar-refractivity contribution in [3.63, 3.8) is 0 Å². The van der Waals surface area contributed by atoms with Gasteiger partial charge in [-0.05, 0) is 52.2 Å². The fourth-order valence-corrected chi connectivity index (χ4v) is 3.41. The molecule has 0 aliphatic carbocycles. The molecule has 1 aromatic heterocycles. The number of likely N-dealkylation sites (tertiary alicyclic amines) is 1. The molecule has 1 N–H and O–H groups in total. The fourth-order valence-electron chi connectivity index (χ4n) is 2.49. The number of nitrogens with zero attached hydrogens (tertiary/aromatic N) is 2. The van der Waals surface area contributed by atoms with E-state index >= 15 is 0 Å². The summed E-state index contributed by atoms with van der Waals surface area (Å²) in [6.45, 7) is 6.86. The highest BCUT2D eigenvalue weighted by molar-refractivity contribution is 7.10. The molecule has 1 aliphatic heterocycles. The molecule has 1 fully saturated rings. The molecular weight excluding hydrogens is 246 g/mol. The van der Waals surface area contributed by atoms with E-state index in [2.05, 4.69) is 28.6 Å². The number of hydrogen-bond acceptors (Lipinski definition) is 5. The van der Waals surface area contributed by atoms with Gasteiger partial charge in [-0.3, -0.25) is 4.79 Å². The van der Waals surface area contributed by atoms with Crippen LogP contribution in [0.15, 0.2) is 0 Å². The largest absolute Gasteiger partial charge is 0.372 e. The van der Waals surface area contributed by atoms with Crippen molar-refractivity contribution < 1.29 is 4.79 Å². The topological polar surface area (TPSA) is 45.2 Å². The molecule has 0 bridgehead atoms. The molecule has 100 valence electrons. The number of carbonyl (C=O) groups excluding carboxylic acids is 1. The molecule has 5 heteroatoms. The van der Waals surface area contributed by atoms with Crippen LogP contribution in [0.25, 0.3) is 0 Å². The van der Waals surface area contributed by atoms with E-state index < -0.39 is 0 Å². The van der Waals surface area contributed by atoms with Gasteiger partial charge in [0.15, 0.2) is 5.78 Å². The normalized spacial score (nSPS) is 25.1. The highest BCUT2D eigenvalue weighted by Crippen LogP contribution is 2.28. The molecule has 0 amide bonds. The molecule has 1 aromatic rings. The quantitative estimate of drug-likeness (QED) is 0.855. The van der Waals surface area contributed by atoms with Crippen molar-refractivity contribution in [2.45, 2.75) is 45.7 Å². The van der Waals surface area contributed by atoms with Crippen molar-refractivity contribution in [2.24, 2.45) is 0 Å². The number of piperidine rings is 1. The molecule has 0 radical (unpaired) electrons. The molecule has 2 heterocycles. The third-order valence-electron chi connectivity index (χ3n) is 3.76. The Bertz CT molecular complexity index is 443. The Balaban J connectivity index is 2.08. The van der Waals surface area contributed by atoms with Crippen LogP contribution < -0.4 is 5.32 Å². The summed E-state index contributed by atoms with van der Waals surface area (Å²) in [6.07, 6.45) is 2.24. The lowest BCUT2D eigenvalue weighted by atomic mass is 9.99. The van der Waals surface area contributed by atoms with Crippen LogP contribution in [0.1, 0.15) is 42.7 Å². The van der Waals surface area contributed by atoms with Gasteiger partial charge in [0.2, 0.25) is 0 Å². The number of carbonyl (C=O) groups is 1. The number of aromatic nitrogens is 1. The first-order valence-electron chi connectivity index (χ1n) is 6.43. The van der Waals surface area contributed by atoms with Crippen LogP contribution in [0.3, 0.4) is 0 Å². The molecule has 0 spiro atoms. The molecule has 2 unspecified atom stereocenters. The first-order chi connectivity index (χ1) is 8.49. The van der Waals surface area contributed by atoms with Gasteiger partial charge in [0, 0.05) is 18.6 Å². The maximum atomic E-state index is 11.6. The molecule has 0 saturated carbocycles. The average Bonchev–Trinajstić information content (AvgIpc) is 2.65. The molecule has 1 aliphatic rings. The van der Waals surface area contributed by atoms with Crippen molar-refractivity contribution in [2.75, 3.05) is 18.9 Å². The lowest BCUT2D eigenvalue weighted by Crippen LogP contribution is -2.42. The standard InChI is InChI=1S/C13H21N3OS/c1-8-7-11(5-6-16(8)4)14-13-12(10(3)17)9(2)15-18-13/h8,11,14H,5-7H2,1-4H3. The van der Waals surface area contributed by atoms with Gasteiger partial charge in [-0.25, -0.2) is 0 Å². The summed E-state index contributed by atoms with van der Waals surface area (Å²) in [5.74, 6) is 0.102. The minimum atomic E-state index is 0.102. The smallest absolute Gasteiger partial charge is 0.164 e. The van der Waals surface area contributed by atoms with E-state index in [9.17, 15) is 4.79 Å². The first-order valence-corrected chi connectivity index (χ1v) is 7.20. The van der Waals surface area contributed by atoms with Crippen LogP contribution in [0.2, 0.25) is 0 Å². The summed E-state index contributed by atoms with van der Waals surface area (Å²) in [7, 11) is 2.17.